The first-order valence-corrected chi connectivity index (χ1v) is 16.8. The zero-order valence-corrected chi connectivity index (χ0v) is 26.0. The molecule has 2 amide bonds. The Bertz CT molecular complexity index is 1790. The topological polar surface area (TPSA) is 146 Å². The molecule has 4 aliphatic rings. The maximum atomic E-state index is 14.4. The lowest BCUT2D eigenvalue weighted by Crippen LogP contribution is -2.46. The number of aromatic nitrogens is 3. The molecule has 5 heterocycles. The van der Waals surface area contributed by atoms with Gasteiger partial charge in [0.1, 0.15) is 41.7 Å². The van der Waals surface area contributed by atoms with Gasteiger partial charge in [0.25, 0.3) is 5.91 Å². The molecule has 1 N–H and O–H groups in total. The van der Waals surface area contributed by atoms with Gasteiger partial charge in [-0.25, -0.2) is 18.1 Å². The molecule has 0 spiro atoms. The highest BCUT2D eigenvalue weighted by molar-refractivity contribution is 7.94. The van der Waals surface area contributed by atoms with Crippen LogP contribution in [0.5, 0.6) is 5.75 Å². The van der Waals surface area contributed by atoms with Crippen LogP contribution in [0, 0.1) is 18.2 Å². The fourth-order valence-electron chi connectivity index (χ4n) is 6.18. The quantitative estimate of drug-likeness (QED) is 0.408. The monoisotopic (exact) mass is 642 g/mol. The van der Waals surface area contributed by atoms with Gasteiger partial charge in [0.15, 0.2) is 11.9 Å². The number of methoxy groups -OCH3 is 1. The Kier molecular flexibility index (Phi) is 7.54. The highest BCUT2D eigenvalue weighted by Gasteiger charge is 2.50. The van der Waals surface area contributed by atoms with Gasteiger partial charge in [-0.2, -0.15) is 9.46 Å². The third-order valence-electron chi connectivity index (χ3n) is 9.21. The minimum absolute atomic E-state index is 0.0884. The van der Waals surface area contributed by atoms with Crippen molar-refractivity contribution in [2.45, 2.75) is 51.1 Å². The molecule has 45 heavy (non-hydrogen) atoms. The van der Waals surface area contributed by atoms with Crippen LogP contribution in [0.25, 0.3) is 5.52 Å². The van der Waals surface area contributed by atoms with Crippen LogP contribution >= 0.6 is 0 Å². The first kappa shape index (κ1) is 30.0. The number of rotatable bonds is 7. The van der Waals surface area contributed by atoms with Crippen LogP contribution in [0.15, 0.2) is 35.1 Å². The van der Waals surface area contributed by atoms with E-state index in [0.717, 1.165) is 12.8 Å². The van der Waals surface area contributed by atoms with E-state index < -0.39 is 27.6 Å². The molecule has 1 saturated carbocycles. The summed E-state index contributed by atoms with van der Waals surface area (Å²) >= 11 is 0. The lowest BCUT2D eigenvalue weighted by atomic mass is 10.1. The molecule has 0 radical (unpaired) electrons. The van der Waals surface area contributed by atoms with Crippen LogP contribution in [0.2, 0.25) is 0 Å². The number of hydrogen-bond acceptors (Lipinski definition) is 10. The summed E-state index contributed by atoms with van der Waals surface area (Å²) < 4.78 is 56.9. The van der Waals surface area contributed by atoms with Gasteiger partial charge in [-0.05, 0) is 37.5 Å². The fraction of sp³-hybridized carbons (Fsp3) is 0.533. The minimum Gasteiger partial charge on any atom is -0.483 e. The van der Waals surface area contributed by atoms with Crippen molar-refractivity contribution in [2.24, 2.45) is 9.78 Å². The van der Waals surface area contributed by atoms with Crippen LogP contribution in [0.4, 0.5) is 15.9 Å². The normalized spacial score (nSPS) is 26.4. The van der Waals surface area contributed by atoms with Gasteiger partial charge in [0.05, 0.1) is 34.2 Å². The minimum atomic E-state index is -2.83. The van der Waals surface area contributed by atoms with Gasteiger partial charge in [-0.15, -0.1) is 0 Å². The summed E-state index contributed by atoms with van der Waals surface area (Å²) in [7, 11) is -1.23. The predicted octanol–water partition coefficient (Wildman–Crippen LogP) is 2.73. The van der Waals surface area contributed by atoms with E-state index in [0.29, 0.717) is 42.3 Å². The van der Waals surface area contributed by atoms with E-state index in [-0.39, 0.29) is 59.1 Å². The molecule has 3 saturated heterocycles. The number of halogens is 1. The van der Waals surface area contributed by atoms with E-state index in [4.69, 9.17) is 18.9 Å². The summed E-state index contributed by atoms with van der Waals surface area (Å²) in [6.07, 6.45) is 3.29. The maximum Gasteiger partial charge on any atom is 0.287 e. The zero-order valence-electron chi connectivity index (χ0n) is 25.2. The summed E-state index contributed by atoms with van der Waals surface area (Å²) in [5, 5.41) is 7.47. The molecule has 7 rings (SSSR count). The third kappa shape index (κ3) is 5.55. The average molecular weight is 643 g/mol. The van der Waals surface area contributed by atoms with Gasteiger partial charge < -0.3 is 29.2 Å². The molecular weight excluding hydrogens is 607 g/mol. The van der Waals surface area contributed by atoms with Crippen molar-refractivity contribution < 1.29 is 37.1 Å². The first-order chi connectivity index (χ1) is 21.6. The van der Waals surface area contributed by atoms with Gasteiger partial charge in [-0.3, -0.25) is 9.59 Å². The number of carbonyl (C=O) groups is 2. The van der Waals surface area contributed by atoms with E-state index in [1.807, 2.05) is 6.92 Å². The second-order valence-electron chi connectivity index (χ2n) is 12.3. The summed E-state index contributed by atoms with van der Waals surface area (Å²) in [5.74, 6) is -0.130. The highest BCUT2D eigenvalue weighted by Crippen LogP contribution is 2.46. The van der Waals surface area contributed by atoms with Crippen LogP contribution in [0.1, 0.15) is 35.7 Å². The number of fused-ring (bicyclic) bond motifs is 2. The Labute approximate surface area is 259 Å². The van der Waals surface area contributed by atoms with Crippen LogP contribution in [0.3, 0.4) is 0 Å². The number of anilines is 2. The van der Waals surface area contributed by atoms with Gasteiger partial charge in [-0.1, -0.05) is 6.92 Å². The Morgan fingerprint density at radius 1 is 1.16 bits per heavy atom. The Hall–Kier alpha value is -3.66. The van der Waals surface area contributed by atoms with E-state index in [1.54, 1.807) is 18.9 Å². The number of carbonyl (C=O) groups excluding carboxylic acids is 2. The molecule has 240 valence electrons. The standard InChI is InChI=1S/C30H35FN6O7S/c1-17-19(28(38)35-45(40)10-8-36(9-11-45)29(39)30(2)6-7-30)13-37-24(17)27(32-16-33-37)34-20-5-4-18(31)12-21(20)44-23-15-43-25-22(41-3)14-42-26(23)25/h4-5,12-13,16,22-23,25-26H,6-11,14-15H2,1-3H3,(H,32,33,34)/t22-,23-,25-,26-/m1/s1. The summed E-state index contributed by atoms with van der Waals surface area (Å²) in [6, 6.07) is 4.11. The SMILES string of the molecule is CO[C@@H]1CO[C@H]2[C@@H]1OC[C@H]2Oc1cc(F)ccc1Nc1ncnn2cc(C(=O)N=S3(=O)CCN(C(=O)C4(C)CC4)CC3)c(C)c12. The molecule has 0 bridgehead atoms. The lowest BCUT2D eigenvalue weighted by Gasteiger charge is -2.30. The first-order valence-electron chi connectivity index (χ1n) is 15.0. The lowest BCUT2D eigenvalue weighted by molar-refractivity contribution is -0.136. The van der Waals surface area contributed by atoms with Crippen molar-refractivity contribution >= 4 is 38.6 Å². The van der Waals surface area contributed by atoms with E-state index in [9.17, 15) is 18.2 Å². The zero-order chi connectivity index (χ0) is 31.5. The predicted molar refractivity (Wildman–Crippen MR) is 161 cm³/mol. The van der Waals surface area contributed by atoms with Crippen molar-refractivity contribution in [3.05, 3.63) is 47.7 Å². The number of hydrogen-bond donors (Lipinski definition) is 1. The largest absolute Gasteiger partial charge is 0.483 e. The molecule has 13 nitrogen and oxygen atoms in total. The van der Waals surface area contributed by atoms with E-state index >= 15 is 0 Å². The van der Waals surface area contributed by atoms with Crippen LogP contribution in [-0.2, 0) is 28.7 Å². The Morgan fingerprint density at radius 2 is 1.87 bits per heavy atom. The van der Waals surface area contributed by atoms with Crippen molar-refractivity contribution in [2.75, 3.05) is 50.2 Å². The Balaban J connectivity index is 1.11. The third-order valence-corrected chi connectivity index (χ3v) is 11.4. The average Bonchev–Trinajstić information content (AvgIpc) is 3.32. The van der Waals surface area contributed by atoms with Crippen molar-refractivity contribution in [3.8, 4) is 5.75 Å². The highest BCUT2D eigenvalue weighted by atomic mass is 32.2. The molecule has 1 aromatic carbocycles. The fourth-order valence-corrected chi connectivity index (χ4v) is 7.98. The molecule has 4 fully saturated rings. The maximum absolute atomic E-state index is 14.4. The number of aryl methyl sites for hydroxylation is 1. The molecule has 4 atom stereocenters. The number of amides is 2. The second-order valence-corrected chi connectivity index (χ2v) is 14.8. The molecule has 0 unspecified atom stereocenters. The second kappa shape index (κ2) is 11.3. The van der Waals surface area contributed by atoms with Crippen LogP contribution in [-0.4, -0.2) is 105 Å². The smallest absolute Gasteiger partial charge is 0.287 e. The molecule has 15 heteroatoms. The number of benzene rings is 1. The van der Waals surface area contributed by atoms with Gasteiger partial charge in [0.2, 0.25) is 5.91 Å². The van der Waals surface area contributed by atoms with Crippen molar-refractivity contribution in [1.29, 1.82) is 0 Å². The number of ether oxygens (including phenoxy) is 4. The molecule has 3 aromatic rings. The van der Waals surface area contributed by atoms with Gasteiger partial charge >= 0.3 is 0 Å². The van der Waals surface area contributed by atoms with Gasteiger partial charge in [0, 0.05) is 49.4 Å². The van der Waals surface area contributed by atoms with Crippen LogP contribution < -0.4 is 10.1 Å². The summed E-state index contributed by atoms with van der Waals surface area (Å²) in [5.41, 5.74) is 1.40. The molecule has 2 aromatic heterocycles. The molecular formula is C30H35FN6O7S. The number of nitrogens with one attached hydrogen (secondary N) is 1. The molecule has 1 aliphatic carbocycles. The summed E-state index contributed by atoms with van der Waals surface area (Å²) in [4.78, 5) is 32.2. The van der Waals surface area contributed by atoms with Crippen molar-refractivity contribution in [1.82, 2.24) is 19.5 Å². The summed E-state index contributed by atoms with van der Waals surface area (Å²) in [6.45, 7) is 4.95. The number of nitrogens with zero attached hydrogens (tertiary/aromatic N) is 5. The van der Waals surface area contributed by atoms with E-state index in [2.05, 4.69) is 19.8 Å². The van der Waals surface area contributed by atoms with Crippen molar-refractivity contribution in [3.63, 3.8) is 0 Å². The molecule has 3 aliphatic heterocycles. The van der Waals surface area contributed by atoms with E-state index in [1.165, 1.54) is 35.2 Å². The Morgan fingerprint density at radius 3 is 2.58 bits per heavy atom.